The molecule has 1 aliphatic heterocycles. The summed E-state index contributed by atoms with van der Waals surface area (Å²) in [5.41, 5.74) is 0.664. The van der Waals surface area contributed by atoms with E-state index in [4.69, 9.17) is 14.0 Å². The van der Waals surface area contributed by atoms with Gasteiger partial charge in [0.05, 0.1) is 5.92 Å². The Morgan fingerprint density at radius 2 is 2.03 bits per heavy atom. The third kappa shape index (κ3) is 5.50. The fourth-order valence-electron chi connectivity index (χ4n) is 3.42. The standard InChI is InChI=1S/C22H24N4O5/c27-22(28)16(15-7-9-17-18(13-15)30-14-29-17)8-10-21-25-20(26-31-21)6-2-4-12-24-19-5-1-3-11-23-19/h1,3,5,7,9,11,13,16H,2,4,6,8,10,12,14H2,(H,23,24)(H,27,28). The molecule has 1 aromatic carbocycles. The fraction of sp³-hybridized carbons (Fsp3) is 0.364. The summed E-state index contributed by atoms with van der Waals surface area (Å²) in [6.07, 6.45) is 5.06. The van der Waals surface area contributed by atoms with E-state index < -0.39 is 11.9 Å². The zero-order chi connectivity index (χ0) is 21.5. The van der Waals surface area contributed by atoms with Crippen LogP contribution in [-0.2, 0) is 17.6 Å². The highest BCUT2D eigenvalue weighted by Gasteiger charge is 2.24. The van der Waals surface area contributed by atoms with E-state index in [0.29, 0.717) is 48.0 Å². The summed E-state index contributed by atoms with van der Waals surface area (Å²) < 4.78 is 15.9. The van der Waals surface area contributed by atoms with Crippen molar-refractivity contribution >= 4 is 11.8 Å². The molecule has 9 nitrogen and oxygen atoms in total. The van der Waals surface area contributed by atoms with Crippen LogP contribution in [0.1, 0.15) is 42.5 Å². The highest BCUT2D eigenvalue weighted by atomic mass is 16.7. The lowest BCUT2D eigenvalue weighted by Crippen LogP contribution is -2.12. The van der Waals surface area contributed by atoms with Gasteiger partial charge in [-0.3, -0.25) is 4.79 Å². The molecular formula is C22H24N4O5. The number of aromatic nitrogens is 3. The van der Waals surface area contributed by atoms with Crippen LogP contribution in [0.3, 0.4) is 0 Å². The maximum absolute atomic E-state index is 11.8. The largest absolute Gasteiger partial charge is 0.481 e. The van der Waals surface area contributed by atoms with Crippen molar-refractivity contribution in [3.8, 4) is 11.5 Å². The van der Waals surface area contributed by atoms with Gasteiger partial charge in [0.25, 0.3) is 0 Å². The summed E-state index contributed by atoms with van der Waals surface area (Å²) in [4.78, 5) is 20.4. The van der Waals surface area contributed by atoms with Gasteiger partial charge in [-0.2, -0.15) is 4.98 Å². The van der Waals surface area contributed by atoms with E-state index in [1.165, 1.54) is 0 Å². The summed E-state index contributed by atoms with van der Waals surface area (Å²) in [6, 6.07) is 11.0. The van der Waals surface area contributed by atoms with E-state index in [1.54, 1.807) is 24.4 Å². The molecule has 0 spiro atoms. The van der Waals surface area contributed by atoms with Crippen molar-refractivity contribution in [3.05, 3.63) is 59.9 Å². The van der Waals surface area contributed by atoms with Crippen LogP contribution < -0.4 is 14.8 Å². The number of anilines is 1. The first-order chi connectivity index (χ1) is 15.2. The Bertz CT molecular complexity index is 1010. The van der Waals surface area contributed by atoms with E-state index in [-0.39, 0.29) is 6.79 Å². The van der Waals surface area contributed by atoms with Crippen LogP contribution in [0.15, 0.2) is 47.1 Å². The average molecular weight is 424 g/mol. The summed E-state index contributed by atoms with van der Waals surface area (Å²) in [6.45, 7) is 0.970. The number of aliphatic carboxylic acids is 1. The van der Waals surface area contributed by atoms with Gasteiger partial charge >= 0.3 is 5.97 Å². The molecule has 3 aromatic rings. The molecule has 2 aromatic heterocycles. The van der Waals surface area contributed by atoms with Crippen molar-refractivity contribution in [1.29, 1.82) is 0 Å². The fourth-order valence-corrected chi connectivity index (χ4v) is 3.42. The molecule has 1 aliphatic rings. The minimum atomic E-state index is -0.904. The Labute approximate surface area is 179 Å². The lowest BCUT2D eigenvalue weighted by molar-refractivity contribution is -0.139. The quantitative estimate of drug-likeness (QED) is 0.446. The molecule has 4 rings (SSSR count). The number of benzene rings is 1. The molecule has 1 atom stereocenters. The number of nitrogens with zero attached hydrogens (tertiary/aromatic N) is 3. The Hall–Kier alpha value is -3.62. The van der Waals surface area contributed by atoms with E-state index in [2.05, 4.69) is 20.4 Å². The predicted molar refractivity (Wildman–Crippen MR) is 111 cm³/mol. The van der Waals surface area contributed by atoms with Crippen molar-refractivity contribution in [2.24, 2.45) is 0 Å². The number of carbonyl (C=O) groups is 1. The van der Waals surface area contributed by atoms with Crippen LogP contribution in [0.25, 0.3) is 0 Å². The lowest BCUT2D eigenvalue weighted by Gasteiger charge is -2.12. The average Bonchev–Trinajstić information content (AvgIpc) is 3.43. The zero-order valence-electron chi connectivity index (χ0n) is 17.0. The van der Waals surface area contributed by atoms with Gasteiger partial charge in [0, 0.05) is 25.6 Å². The number of carboxylic acids is 1. The Morgan fingerprint density at radius 3 is 2.87 bits per heavy atom. The van der Waals surface area contributed by atoms with Crippen molar-refractivity contribution in [1.82, 2.24) is 15.1 Å². The van der Waals surface area contributed by atoms with Gasteiger partial charge in [-0.25, -0.2) is 4.98 Å². The molecule has 0 fully saturated rings. The maximum atomic E-state index is 11.8. The topological polar surface area (TPSA) is 120 Å². The molecule has 2 N–H and O–H groups in total. The van der Waals surface area contributed by atoms with E-state index in [9.17, 15) is 9.90 Å². The second-order valence-corrected chi connectivity index (χ2v) is 7.25. The minimum absolute atomic E-state index is 0.153. The van der Waals surface area contributed by atoms with Gasteiger partial charge in [-0.05, 0) is 49.1 Å². The molecule has 0 amide bonds. The van der Waals surface area contributed by atoms with E-state index in [0.717, 1.165) is 25.2 Å². The van der Waals surface area contributed by atoms with Gasteiger partial charge in [-0.15, -0.1) is 0 Å². The molecule has 31 heavy (non-hydrogen) atoms. The predicted octanol–water partition coefficient (Wildman–Crippen LogP) is 3.43. The van der Waals surface area contributed by atoms with Gasteiger partial charge in [0.1, 0.15) is 5.82 Å². The molecule has 1 unspecified atom stereocenters. The lowest BCUT2D eigenvalue weighted by atomic mass is 9.94. The second kappa shape index (κ2) is 9.92. The van der Waals surface area contributed by atoms with E-state index >= 15 is 0 Å². The number of unbranched alkanes of at least 4 members (excludes halogenated alkanes) is 1. The minimum Gasteiger partial charge on any atom is -0.481 e. The van der Waals surface area contributed by atoms with Gasteiger partial charge in [0.2, 0.25) is 12.7 Å². The monoisotopic (exact) mass is 424 g/mol. The molecule has 162 valence electrons. The van der Waals surface area contributed by atoms with Crippen LogP contribution in [0.2, 0.25) is 0 Å². The number of rotatable bonds is 11. The van der Waals surface area contributed by atoms with Gasteiger partial charge < -0.3 is 24.4 Å². The Morgan fingerprint density at radius 1 is 1.13 bits per heavy atom. The van der Waals surface area contributed by atoms with Crippen molar-refractivity contribution in [2.45, 2.75) is 38.0 Å². The summed E-state index contributed by atoms with van der Waals surface area (Å²) >= 11 is 0. The Balaban J connectivity index is 1.23. The number of hydrogen-bond donors (Lipinski definition) is 2. The van der Waals surface area contributed by atoms with Crippen LogP contribution in [0.4, 0.5) is 5.82 Å². The molecule has 3 heterocycles. The zero-order valence-corrected chi connectivity index (χ0v) is 17.0. The second-order valence-electron chi connectivity index (χ2n) is 7.25. The van der Waals surface area contributed by atoms with E-state index in [1.807, 2.05) is 18.2 Å². The molecule has 9 heteroatoms. The first kappa shape index (κ1) is 20.6. The smallest absolute Gasteiger partial charge is 0.310 e. The van der Waals surface area contributed by atoms with Crippen LogP contribution in [0.5, 0.6) is 11.5 Å². The molecule has 0 radical (unpaired) electrons. The maximum Gasteiger partial charge on any atom is 0.310 e. The number of carboxylic acid groups (broad SMARTS) is 1. The van der Waals surface area contributed by atoms with Crippen molar-refractivity contribution in [3.63, 3.8) is 0 Å². The molecule has 0 saturated heterocycles. The van der Waals surface area contributed by atoms with Crippen LogP contribution >= 0.6 is 0 Å². The summed E-state index contributed by atoms with van der Waals surface area (Å²) in [5, 5.41) is 16.9. The third-order valence-corrected chi connectivity index (χ3v) is 5.05. The number of ether oxygens (including phenoxy) is 2. The molecule has 0 bridgehead atoms. The van der Waals surface area contributed by atoms with Crippen molar-refractivity contribution in [2.75, 3.05) is 18.7 Å². The van der Waals surface area contributed by atoms with Crippen molar-refractivity contribution < 1.29 is 23.9 Å². The first-order valence-electron chi connectivity index (χ1n) is 10.3. The number of nitrogens with one attached hydrogen (secondary N) is 1. The normalized spacial score (nSPS) is 13.2. The molecule has 0 saturated carbocycles. The number of hydrogen-bond acceptors (Lipinski definition) is 8. The molecular weight excluding hydrogens is 400 g/mol. The number of aryl methyl sites for hydroxylation is 2. The Kier molecular flexibility index (Phi) is 6.61. The summed E-state index contributed by atoms with van der Waals surface area (Å²) in [7, 11) is 0. The summed E-state index contributed by atoms with van der Waals surface area (Å²) in [5.74, 6) is 1.56. The SMILES string of the molecule is O=C(O)C(CCc1nc(CCCCNc2ccccn2)no1)c1ccc2c(c1)OCO2. The van der Waals surface area contributed by atoms with Gasteiger partial charge in [-0.1, -0.05) is 17.3 Å². The number of pyridine rings is 1. The van der Waals surface area contributed by atoms with Gasteiger partial charge in [0.15, 0.2) is 17.3 Å². The highest BCUT2D eigenvalue weighted by molar-refractivity contribution is 5.76. The highest BCUT2D eigenvalue weighted by Crippen LogP contribution is 2.35. The number of fused-ring (bicyclic) bond motifs is 1. The first-order valence-corrected chi connectivity index (χ1v) is 10.3. The van der Waals surface area contributed by atoms with Crippen LogP contribution in [0, 0.1) is 0 Å². The molecule has 0 aliphatic carbocycles. The third-order valence-electron chi connectivity index (χ3n) is 5.05. The van der Waals surface area contributed by atoms with Crippen LogP contribution in [-0.4, -0.2) is 39.5 Å².